The van der Waals surface area contributed by atoms with E-state index in [1.807, 2.05) is 0 Å². The molecular formula is C54H98N22O10. The van der Waals surface area contributed by atoms with E-state index in [9.17, 15) is 47.9 Å². The maximum absolute atomic E-state index is 14.5. The van der Waals surface area contributed by atoms with Crippen molar-refractivity contribution in [1.82, 2.24) is 68.0 Å². The summed E-state index contributed by atoms with van der Waals surface area (Å²) in [5.41, 5.74) is 39.6. The van der Waals surface area contributed by atoms with Gasteiger partial charge in [0.05, 0.1) is 18.9 Å². The number of imidazole rings is 1. The van der Waals surface area contributed by atoms with E-state index in [-0.39, 0.29) is 101 Å². The highest BCUT2D eigenvalue weighted by atomic mass is 16.2. The highest BCUT2D eigenvalue weighted by Gasteiger charge is 2.39. The summed E-state index contributed by atoms with van der Waals surface area (Å²) in [5, 5.41) is 34.3. The second kappa shape index (κ2) is 43.2. The molecule has 0 saturated carbocycles. The predicted octanol–water partition coefficient (Wildman–Crippen LogP) is -5.74. The first kappa shape index (κ1) is 74.6. The zero-order valence-corrected chi connectivity index (χ0v) is 50.0. The lowest BCUT2D eigenvalue weighted by atomic mass is 10.1. The monoisotopic (exact) mass is 1210 g/mol. The van der Waals surface area contributed by atoms with Gasteiger partial charge in [0, 0.05) is 37.9 Å². The molecule has 1 saturated heterocycles. The number of likely N-dealkylation sites (N-methyl/N-ethyl adjacent to an activating group) is 1. The summed E-state index contributed by atoms with van der Waals surface area (Å²) in [6, 6.07) is -7.71. The maximum Gasteiger partial charge on any atom is 0.269 e. The quantitative estimate of drug-likeness (QED) is 0.0125. The Morgan fingerprint density at radius 1 is 0.663 bits per heavy atom. The number of rotatable bonds is 44. The molecule has 0 aromatic carbocycles. The number of carbonyl (C=O) groups is 10. The molecule has 0 unspecified atom stereocenters. The second-order valence-electron chi connectivity index (χ2n) is 20.7. The highest BCUT2D eigenvalue weighted by molar-refractivity contribution is 6.40. The van der Waals surface area contributed by atoms with Gasteiger partial charge in [0.25, 0.3) is 17.7 Å². The van der Waals surface area contributed by atoms with Gasteiger partial charge in [-0.3, -0.25) is 53.4 Å². The van der Waals surface area contributed by atoms with E-state index >= 15 is 0 Å². The fourth-order valence-corrected chi connectivity index (χ4v) is 8.99. The van der Waals surface area contributed by atoms with Gasteiger partial charge in [-0.2, -0.15) is 0 Å². The molecule has 26 N–H and O–H groups in total. The first-order valence-corrected chi connectivity index (χ1v) is 29.7. The number of likely N-dealkylation sites (tertiary alicyclic amines) is 1. The van der Waals surface area contributed by atoms with Gasteiger partial charge in [0.15, 0.2) is 5.96 Å². The SMILES string of the molecule is CN[C@@H](CCCCN)C(=O)N[C@@H](CCN)C(=O)N[C@@H](C)C(=O)NCC(=O)/N=C(\CCCN)C(=O)N1CCC[C@H]1C(=O)N[C@@H](Cc1cnc[nH]1)C(=O)N[C@@H](CCCCN)C(=O)N/C(=C\CCNC(=N)N)C(=O)N[C@@H](CCCCN)C(=O)NCCCCN. The standard InChI is InChI=1S/C54H98N22O10/c1-34(69-48(81)40(20-26-60)74-47(80)36(63-2)14-3-6-21-55)45(78)67-32-44(77)70-41(17-11-25-59)53(86)76-29-13-19-43(76)52(85)75-42(30-35-31-64-33-68-35)51(84)73-38(16-5-8-23-57)49(82)72-39(18-12-28-66-54(61)62)50(83)71-37(15-4-7-22-56)46(79)65-27-10-9-24-58/h18,31,33-34,36-38,40,42-43,63H,3-17,19-30,32,55-60H2,1-2H3,(H,64,68)(H,65,79)(H,67,78)(H,69,81)(H,71,83)(H,72,82)(H,73,84)(H,74,80)(H,75,85)(H4,61,62,66)/b39-18-,70-41+/t34-,36-,37-,38-,40-,42-,43-/m0/s1. The first-order valence-electron chi connectivity index (χ1n) is 29.7. The zero-order chi connectivity index (χ0) is 63.8. The van der Waals surface area contributed by atoms with Crippen molar-refractivity contribution >= 4 is 70.7 Å². The molecule has 32 heteroatoms. The second-order valence-corrected chi connectivity index (χ2v) is 20.7. The van der Waals surface area contributed by atoms with Crippen LogP contribution in [0.4, 0.5) is 0 Å². The number of amides is 10. The number of aromatic amines is 1. The topological polar surface area (TPSA) is 541 Å². The van der Waals surface area contributed by atoms with E-state index in [4.69, 9.17) is 45.5 Å². The molecule has 1 aliphatic rings. The summed E-state index contributed by atoms with van der Waals surface area (Å²) < 4.78 is 0. The lowest BCUT2D eigenvalue weighted by Gasteiger charge is -2.28. The number of guanidine groups is 1. The predicted molar refractivity (Wildman–Crippen MR) is 323 cm³/mol. The molecule has 0 radical (unpaired) electrons. The van der Waals surface area contributed by atoms with Crippen molar-refractivity contribution in [3.8, 4) is 0 Å². The number of nitrogens with zero attached hydrogens (tertiary/aromatic N) is 3. The zero-order valence-electron chi connectivity index (χ0n) is 50.0. The lowest BCUT2D eigenvalue weighted by Crippen LogP contribution is -2.57. The van der Waals surface area contributed by atoms with E-state index in [0.717, 1.165) is 0 Å². The summed E-state index contributed by atoms with van der Waals surface area (Å²) >= 11 is 0. The molecule has 86 heavy (non-hydrogen) atoms. The lowest BCUT2D eigenvalue weighted by molar-refractivity contribution is -0.136. The van der Waals surface area contributed by atoms with Crippen molar-refractivity contribution in [2.75, 3.05) is 72.5 Å². The van der Waals surface area contributed by atoms with E-state index < -0.39 is 108 Å². The third-order valence-electron chi connectivity index (χ3n) is 13.8. The minimum Gasteiger partial charge on any atom is -0.370 e. The smallest absolute Gasteiger partial charge is 0.269 e. The van der Waals surface area contributed by atoms with Gasteiger partial charge in [-0.15, -0.1) is 0 Å². The Labute approximate surface area is 503 Å². The summed E-state index contributed by atoms with van der Waals surface area (Å²) in [6.07, 6.45) is 10.2. The molecule has 1 aliphatic heterocycles. The number of carbonyl (C=O) groups excluding carboxylic acids is 10. The molecule has 0 aliphatic carbocycles. The van der Waals surface area contributed by atoms with E-state index in [1.54, 1.807) is 7.05 Å². The molecule has 32 nitrogen and oxygen atoms in total. The van der Waals surface area contributed by atoms with Gasteiger partial charge in [-0.25, -0.2) is 9.98 Å². The highest BCUT2D eigenvalue weighted by Crippen LogP contribution is 2.20. The van der Waals surface area contributed by atoms with Gasteiger partial charge < -0.3 is 103 Å². The molecule has 484 valence electrons. The van der Waals surface area contributed by atoms with E-state index in [2.05, 4.69) is 68.1 Å². The Morgan fingerprint density at radius 3 is 1.83 bits per heavy atom. The molecule has 1 fully saturated rings. The normalized spacial score (nSPS) is 15.4. The van der Waals surface area contributed by atoms with Crippen LogP contribution in [-0.4, -0.2) is 200 Å². The van der Waals surface area contributed by atoms with Crippen LogP contribution in [-0.2, 0) is 54.4 Å². The van der Waals surface area contributed by atoms with Crippen LogP contribution in [0.25, 0.3) is 0 Å². The largest absolute Gasteiger partial charge is 0.370 e. The minimum absolute atomic E-state index is 0.0338. The van der Waals surface area contributed by atoms with Gasteiger partial charge in [-0.1, -0.05) is 12.5 Å². The molecule has 10 amide bonds. The Hall–Kier alpha value is -7.49. The Balaban J connectivity index is 2.36. The van der Waals surface area contributed by atoms with Crippen LogP contribution in [0.2, 0.25) is 0 Å². The number of unbranched alkanes of at least 4 members (excludes halogenated alkanes) is 4. The third kappa shape index (κ3) is 28.6. The van der Waals surface area contributed by atoms with Crippen LogP contribution in [0.1, 0.15) is 122 Å². The molecule has 7 atom stereocenters. The minimum atomic E-state index is -1.38. The van der Waals surface area contributed by atoms with Crippen molar-refractivity contribution in [3.63, 3.8) is 0 Å². The third-order valence-corrected chi connectivity index (χ3v) is 13.8. The average molecular weight is 1220 g/mol. The number of aliphatic imine (C=N–C) groups is 1. The van der Waals surface area contributed by atoms with Crippen LogP contribution in [0, 0.1) is 5.41 Å². The van der Waals surface area contributed by atoms with Crippen molar-refractivity contribution < 1.29 is 47.9 Å². The number of H-pyrrole nitrogens is 1. The Morgan fingerprint density at radius 2 is 1.24 bits per heavy atom. The summed E-state index contributed by atoms with van der Waals surface area (Å²) in [5.74, 6) is -7.52. The molecule has 1 aromatic heterocycles. The number of hydrogen-bond donors (Lipinski definition) is 19. The first-order chi connectivity index (χ1) is 41.3. The molecule has 0 bridgehead atoms. The summed E-state index contributed by atoms with van der Waals surface area (Å²) in [7, 11) is 1.62. The number of nitrogens with one attached hydrogen (secondary N) is 12. The van der Waals surface area contributed by atoms with E-state index in [1.165, 1.54) is 30.4 Å². The Bertz CT molecular complexity index is 2370. The molecule has 1 aromatic rings. The van der Waals surface area contributed by atoms with E-state index in [0.29, 0.717) is 96.1 Å². The van der Waals surface area contributed by atoms with Gasteiger partial charge in [0.1, 0.15) is 47.7 Å². The van der Waals surface area contributed by atoms with Gasteiger partial charge >= 0.3 is 0 Å². The van der Waals surface area contributed by atoms with Crippen molar-refractivity contribution in [2.24, 2.45) is 45.1 Å². The summed E-state index contributed by atoms with van der Waals surface area (Å²) in [4.78, 5) is 150. The average Bonchev–Trinajstić information content (AvgIpc) is 4.22. The fourth-order valence-electron chi connectivity index (χ4n) is 8.99. The van der Waals surface area contributed by atoms with Gasteiger partial charge in [-0.05, 0) is 156 Å². The van der Waals surface area contributed by atoms with Gasteiger partial charge in [0.2, 0.25) is 41.4 Å². The molecular weight excluding hydrogens is 1120 g/mol. The number of aromatic nitrogens is 2. The van der Waals surface area contributed by atoms with Crippen LogP contribution >= 0.6 is 0 Å². The summed E-state index contributed by atoms with van der Waals surface area (Å²) in [6.45, 7) is 2.86. The fraction of sp³-hybridized carbons (Fsp3) is 0.685. The maximum atomic E-state index is 14.5. The van der Waals surface area contributed by atoms with Crippen LogP contribution in [0.15, 0.2) is 29.3 Å². The van der Waals surface area contributed by atoms with Crippen molar-refractivity contribution in [2.45, 2.75) is 165 Å². The Kier molecular flexibility index (Phi) is 37.5. The van der Waals surface area contributed by atoms with Crippen molar-refractivity contribution in [3.05, 3.63) is 30.0 Å². The number of nitrogens with two attached hydrogens (primary N) is 7. The molecule has 2 heterocycles. The number of hydrogen-bond acceptors (Lipinski definition) is 19. The molecule has 2 rings (SSSR count). The van der Waals surface area contributed by atoms with Crippen LogP contribution in [0.5, 0.6) is 0 Å². The molecule has 0 spiro atoms. The van der Waals surface area contributed by atoms with Crippen LogP contribution < -0.4 is 93.3 Å². The van der Waals surface area contributed by atoms with Crippen LogP contribution in [0.3, 0.4) is 0 Å². The van der Waals surface area contributed by atoms with Crippen molar-refractivity contribution in [1.29, 1.82) is 5.41 Å².